The molecular formula is C24H28N4O2. The van der Waals surface area contributed by atoms with Crippen molar-refractivity contribution in [2.75, 3.05) is 19.6 Å². The summed E-state index contributed by atoms with van der Waals surface area (Å²) in [5.41, 5.74) is 4.05. The molecule has 2 heterocycles. The zero-order valence-corrected chi connectivity index (χ0v) is 17.3. The molecule has 1 aliphatic heterocycles. The monoisotopic (exact) mass is 404 g/mol. The van der Waals surface area contributed by atoms with Gasteiger partial charge in [-0.15, -0.1) is 0 Å². The second-order valence-corrected chi connectivity index (χ2v) is 7.96. The molecule has 3 aromatic rings. The maximum absolute atomic E-state index is 12.9. The van der Waals surface area contributed by atoms with Gasteiger partial charge in [-0.05, 0) is 43.0 Å². The molecule has 1 aliphatic rings. The Morgan fingerprint density at radius 2 is 1.80 bits per heavy atom. The van der Waals surface area contributed by atoms with Crippen LogP contribution in [0.25, 0.3) is 11.8 Å². The van der Waals surface area contributed by atoms with Crippen LogP contribution < -0.4 is 5.69 Å². The predicted molar refractivity (Wildman–Crippen MR) is 119 cm³/mol. The Bertz CT molecular complexity index is 1040. The summed E-state index contributed by atoms with van der Waals surface area (Å²) in [6, 6.07) is 17.8. The van der Waals surface area contributed by atoms with Gasteiger partial charge in [0.1, 0.15) is 6.33 Å². The number of hydrogen-bond donors (Lipinski definition) is 1. The molecular weight excluding hydrogens is 376 g/mol. The molecule has 2 aromatic carbocycles. The van der Waals surface area contributed by atoms with Gasteiger partial charge >= 0.3 is 5.69 Å². The molecule has 4 rings (SSSR count). The molecule has 1 saturated heterocycles. The fourth-order valence-electron chi connectivity index (χ4n) is 4.06. The number of hydrogen-bond acceptors (Lipinski definition) is 4. The molecule has 0 spiro atoms. The molecule has 1 N–H and O–H groups in total. The Kier molecular flexibility index (Phi) is 6.26. The van der Waals surface area contributed by atoms with Crippen molar-refractivity contribution in [1.29, 1.82) is 0 Å². The van der Waals surface area contributed by atoms with E-state index in [9.17, 15) is 9.90 Å². The molecule has 0 atom stereocenters. The van der Waals surface area contributed by atoms with E-state index < -0.39 is 0 Å². The van der Waals surface area contributed by atoms with Crippen LogP contribution in [0.15, 0.2) is 71.3 Å². The summed E-state index contributed by atoms with van der Waals surface area (Å²) in [5.74, 6) is 0. The number of rotatable bonds is 6. The van der Waals surface area contributed by atoms with Gasteiger partial charge in [-0.25, -0.2) is 14.0 Å². The standard InChI is InChI=1S/C24H28N4O2/c1-19(15-20-5-3-2-4-6-20)16-26-13-11-23(12-14-26)28-24(30)27(18-25-28)22-9-7-21(17-29)8-10-22/h2-10,15,18,23,29H,11-14,16-17H2,1H3/b19-15+. The Hall–Kier alpha value is -2.96. The van der Waals surface area contributed by atoms with Gasteiger partial charge in [-0.3, -0.25) is 4.90 Å². The first-order chi connectivity index (χ1) is 14.6. The molecule has 1 aromatic heterocycles. The molecule has 0 bridgehead atoms. The summed E-state index contributed by atoms with van der Waals surface area (Å²) in [6.07, 6.45) is 5.66. The third-order valence-corrected chi connectivity index (χ3v) is 5.68. The van der Waals surface area contributed by atoms with E-state index in [1.54, 1.807) is 15.6 Å². The first kappa shape index (κ1) is 20.3. The Morgan fingerprint density at radius 3 is 2.47 bits per heavy atom. The highest BCUT2D eigenvalue weighted by Gasteiger charge is 2.23. The Morgan fingerprint density at radius 1 is 1.10 bits per heavy atom. The first-order valence-corrected chi connectivity index (χ1v) is 10.4. The van der Waals surface area contributed by atoms with E-state index in [4.69, 9.17) is 0 Å². The van der Waals surface area contributed by atoms with Crippen molar-refractivity contribution in [2.24, 2.45) is 0 Å². The predicted octanol–water partition coefficient (Wildman–Crippen LogP) is 3.27. The zero-order chi connectivity index (χ0) is 20.9. The van der Waals surface area contributed by atoms with Crippen LogP contribution in [0.3, 0.4) is 0 Å². The van der Waals surface area contributed by atoms with Gasteiger partial charge in [-0.2, -0.15) is 5.10 Å². The minimum absolute atomic E-state index is 0.00692. The van der Waals surface area contributed by atoms with Crippen molar-refractivity contribution in [3.8, 4) is 5.69 Å². The lowest BCUT2D eigenvalue weighted by molar-refractivity contribution is 0.189. The minimum Gasteiger partial charge on any atom is -0.392 e. The van der Waals surface area contributed by atoms with Crippen molar-refractivity contribution < 1.29 is 5.11 Å². The van der Waals surface area contributed by atoms with Crippen LogP contribution in [0.4, 0.5) is 0 Å². The van der Waals surface area contributed by atoms with Crippen LogP contribution in [-0.2, 0) is 6.61 Å². The Labute approximate surface area is 176 Å². The van der Waals surface area contributed by atoms with Gasteiger partial charge in [0.25, 0.3) is 0 Å². The molecule has 6 nitrogen and oxygen atoms in total. The van der Waals surface area contributed by atoms with Gasteiger partial charge in [0.05, 0.1) is 18.3 Å². The Balaban J connectivity index is 1.38. The SMILES string of the molecule is C/C(=C\c1ccccc1)CN1CCC(n2ncn(-c3ccc(CO)cc3)c2=O)CC1. The normalized spacial score (nSPS) is 16.1. The topological polar surface area (TPSA) is 63.3 Å². The van der Waals surface area contributed by atoms with E-state index in [1.165, 1.54) is 11.1 Å². The number of aliphatic hydroxyl groups is 1. The van der Waals surface area contributed by atoms with Gasteiger partial charge in [0, 0.05) is 19.6 Å². The molecule has 0 saturated carbocycles. The van der Waals surface area contributed by atoms with E-state index in [2.05, 4.69) is 47.3 Å². The van der Waals surface area contributed by atoms with Gasteiger partial charge in [0.2, 0.25) is 0 Å². The summed E-state index contributed by atoms with van der Waals surface area (Å²) in [4.78, 5) is 15.3. The fourth-order valence-corrected chi connectivity index (χ4v) is 4.06. The minimum atomic E-state index is -0.106. The molecule has 1 fully saturated rings. The molecule has 0 amide bonds. The van der Waals surface area contributed by atoms with Crippen LogP contribution in [0.5, 0.6) is 0 Å². The second kappa shape index (κ2) is 9.24. The van der Waals surface area contributed by atoms with Crippen molar-refractivity contribution in [3.63, 3.8) is 0 Å². The second-order valence-electron chi connectivity index (χ2n) is 7.96. The van der Waals surface area contributed by atoms with E-state index >= 15 is 0 Å². The lowest BCUT2D eigenvalue weighted by Crippen LogP contribution is -2.38. The third-order valence-electron chi connectivity index (χ3n) is 5.68. The van der Waals surface area contributed by atoms with Crippen LogP contribution in [0.1, 0.15) is 36.9 Å². The summed E-state index contributed by atoms with van der Waals surface area (Å²) >= 11 is 0. The average Bonchev–Trinajstić information content (AvgIpc) is 3.16. The van der Waals surface area contributed by atoms with Crippen molar-refractivity contribution in [3.05, 3.63) is 88.1 Å². The first-order valence-electron chi connectivity index (χ1n) is 10.4. The third kappa shape index (κ3) is 4.61. The lowest BCUT2D eigenvalue weighted by atomic mass is 10.0. The summed E-state index contributed by atoms with van der Waals surface area (Å²) in [7, 11) is 0. The average molecular weight is 405 g/mol. The molecule has 0 unspecified atom stereocenters. The highest BCUT2D eigenvalue weighted by Crippen LogP contribution is 2.21. The maximum Gasteiger partial charge on any atom is 0.350 e. The van der Waals surface area contributed by atoms with Gasteiger partial charge in [-0.1, -0.05) is 54.1 Å². The maximum atomic E-state index is 12.9. The highest BCUT2D eigenvalue weighted by atomic mass is 16.3. The van der Waals surface area contributed by atoms with Crippen molar-refractivity contribution in [1.82, 2.24) is 19.2 Å². The van der Waals surface area contributed by atoms with Crippen LogP contribution in [0, 0.1) is 0 Å². The van der Waals surface area contributed by atoms with E-state index in [0.717, 1.165) is 43.7 Å². The summed E-state index contributed by atoms with van der Waals surface area (Å²) in [6.45, 7) is 5.02. The molecule has 0 aliphatic carbocycles. The molecule has 156 valence electrons. The highest BCUT2D eigenvalue weighted by molar-refractivity contribution is 5.52. The van der Waals surface area contributed by atoms with Crippen LogP contribution in [0.2, 0.25) is 0 Å². The zero-order valence-electron chi connectivity index (χ0n) is 17.3. The summed E-state index contributed by atoms with van der Waals surface area (Å²) < 4.78 is 3.20. The van der Waals surface area contributed by atoms with Crippen molar-refractivity contribution in [2.45, 2.75) is 32.4 Å². The van der Waals surface area contributed by atoms with Gasteiger partial charge in [0.15, 0.2) is 0 Å². The number of benzene rings is 2. The number of aliphatic hydroxyl groups excluding tert-OH is 1. The molecule has 0 radical (unpaired) electrons. The number of piperidine rings is 1. The van der Waals surface area contributed by atoms with Crippen LogP contribution in [-0.4, -0.2) is 44.0 Å². The number of aromatic nitrogens is 3. The van der Waals surface area contributed by atoms with Crippen LogP contribution >= 0.6 is 0 Å². The molecule has 30 heavy (non-hydrogen) atoms. The van der Waals surface area contributed by atoms with Gasteiger partial charge < -0.3 is 5.11 Å². The smallest absolute Gasteiger partial charge is 0.350 e. The largest absolute Gasteiger partial charge is 0.392 e. The lowest BCUT2D eigenvalue weighted by Gasteiger charge is -2.31. The van der Waals surface area contributed by atoms with E-state index in [0.29, 0.717) is 0 Å². The number of nitrogens with zero attached hydrogens (tertiary/aromatic N) is 4. The fraction of sp³-hybridized carbons (Fsp3) is 0.333. The van der Waals surface area contributed by atoms with Crippen molar-refractivity contribution >= 4 is 6.08 Å². The van der Waals surface area contributed by atoms with E-state index in [-0.39, 0.29) is 18.3 Å². The number of likely N-dealkylation sites (tertiary alicyclic amines) is 1. The molecule has 6 heteroatoms. The van der Waals surface area contributed by atoms with E-state index in [1.807, 2.05) is 30.3 Å². The summed E-state index contributed by atoms with van der Waals surface area (Å²) in [5, 5.41) is 13.6. The quantitative estimate of drug-likeness (QED) is 0.685.